The average molecular weight is 257 g/mol. The average Bonchev–Trinajstić information content (AvgIpc) is 2.84. The zero-order valence-corrected chi connectivity index (χ0v) is 9.89. The van der Waals surface area contributed by atoms with Gasteiger partial charge in [0.25, 0.3) is 0 Å². The van der Waals surface area contributed by atoms with Gasteiger partial charge in [-0.15, -0.1) is 11.3 Å². The summed E-state index contributed by atoms with van der Waals surface area (Å²) in [5.74, 6) is -0.204. The Hall–Kier alpha value is -2.34. The first-order valence-electron chi connectivity index (χ1n) is 5.14. The fourth-order valence-electron chi connectivity index (χ4n) is 1.68. The fourth-order valence-corrected chi connectivity index (χ4v) is 2.56. The lowest BCUT2D eigenvalue weighted by Crippen LogP contribution is -1.93. The van der Waals surface area contributed by atoms with Crippen LogP contribution in [0.1, 0.15) is 10.6 Å². The maximum absolute atomic E-state index is 10.7. The molecule has 0 aliphatic rings. The van der Waals surface area contributed by atoms with E-state index in [9.17, 15) is 9.90 Å². The summed E-state index contributed by atoms with van der Waals surface area (Å²) in [6, 6.07) is 5.54. The van der Waals surface area contributed by atoms with Gasteiger partial charge in [0, 0.05) is 17.1 Å². The number of hydrogen-bond donors (Lipinski definition) is 1. The monoisotopic (exact) mass is 257 g/mol. The molecule has 0 saturated carbocycles. The van der Waals surface area contributed by atoms with Crippen molar-refractivity contribution >= 4 is 27.8 Å². The van der Waals surface area contributed by atoms with Gasteiger partial charge < -0.3 is 5.11 Å². The van der Waals surface area contributed by atoms with Crippen LogP contribution in [0.15, 0.2) is 29.8 Å². The van der Waals surface area contributed by atoms with Gasteiger partial charge in [0.15, 0.2) is 12.1 Å². The van der Waals surface area contributed by atoms with E-state index in [1.54, 1.807) is 6.20 Å². The summed E-state index contributed by atoms with van der Waals surface area (Å²) in [5, 5.41) is 11.6. The van der Waals surface area contributed by atoms with Gasteiger partial charge in [0.2, 0.25) is 5.88 Å². The number of hydrogen-bond acceptors (Lipinski definition) is 6. The van der Waals surface area contributed by atoms with Crippen LogP contribution in [0.2, 0.25) is 0 Å². The van der Waals surface area contributed by atoms with E-state index < -0.39 is 0 Å². The second kappa shape index (κ2) is 4.15. The summed E-state index contributed by atoms with van der Waals surface area (Å²) < 4.78 is 0.557. The highest BCUT2D eigenvalue weighted by atomic mass is 32.1. The minimum absolute atomic E-state index is 0.0319. The smallest absolute Gasteiger partial charge is 0.233 e. The Bertz CT molecular complexity index is 725. The van der Waals surface area contributed by atoms with Crippen molar-refractivity contribution in [2.24, 2.45) is 0 Å². The second-order valence-corrected chi connectivity index (χ2v) is 4.45. The summed E-state index contributed by atoms with van der Waals surface area (Å²) in [7, 11) is 0. The fraction of sp³-hybridized carbons (Fsp3) is 0. The molecule has 0 fully saturated rings. The Kier molecular flexibility index (Phi) is 2.49. The molecule has 0 aliphatic heterocycles. The predicted octanol–water partition coefficient (Wildman–Crippen LogP) is 2.27. The van der Waals surface area contributed by atoms with Crippen molar-refractivity contribution in [3.8, 4) is 17.1 Å². The Morgan fingerprint density at radius 3 is 2.89 bits per heavy atom. The van der Waals surface area contributed by atoms with E-state index in [-0.39, 0.29) is 11.7 Å². The molecule has 5 nitrogen and oxygen atoms in total. The molecule has 3 heterocycles. The summed E-state index contributed by atoms with van der Waals surface area (Å²) in [6.07, 6.45) is 2.19. The molecule has 0 atom stereocenters. The van der Waals surface area contributed by atoms with Crippen molar-refractivity contribution < 1.29 is 9.90 Å². The van der Waals surface area contributed by atoms with Crippen molar-refractivity contribution in [2.75, 3.05) is 0 Å². The van der Waals surface area contributed by atoms with Gasteiger partial charge in [-0.05, 0) is 12.1 Å². The van der Waals surface area contributed by atoms with Crippen LogP contribution in [0, 0.1) is 0 Å². The number of fused-ring (bicyclic) bond motifs is 1. The SMILES string of the molecule is O=Cc1nc(O)c2scc(-c3ccccn3)c2n1. The van der Waals surface area contributed by atoms with Gasteiger partial charge in [-0.2, -0.15) is 4.98 Å². The molecule has 0 spiro atoms. The van der Waals surface area contributed by atoms with Crippen molar-refractivity contribution in [1.29, 1.82) is 0 Å². The number of aromatic nitrogens is 3. The van der Waals surface area contributed by atoms with Crippen LogP contribution < -0.4 is 0 Å². The Balaban J connectivity index is 2.32. The third-order valence-electron chi connectivity index (χ3n) is 2.46. The van der Waals surface area contributed by atoms with Gasteiger partial charge in [0.1, 0.15) is 4.70 Å². The van der Waals surface area contributed by atoms with Crippen molar-refractivity contribution in [3.63, 3.8) is 0 Å². The van der Waals surface area contributed by atoms with Crippen molar-refractivity contribution in [2.45, 2.75) is 0 Å². The Morgan fingerprint density at radius 1 is 1.28 bits per heavy atom. The minimum atomic E-state index is -0.172. The van der Waals surface area contributed by atoms with E-state index in [0.717, 1.165) is 11.3 Å². The number of aromatic hydroxyl groups is 1. The summed E-state index contributed by atoms with van der Waals surface area (Å²) >= 11 is 1.32. The highest BCUT2D eigenvalue weighted by Crippen LogP contribution is 2.35. The maximum Gasteiger partial charge on any atom is 0.233 e. The Morgan fingerprint density at radius 2 is 2.17 bits per heavy atom. The molecule has 0 bridgehead atoms. The summed E-state index contributed by atoms with van der Waals surface area (Å²) in [5.41, 5.74) is 2.09. The molecule has 3 aromatic heterocycles. The lowest BCUT2D eigenvalue weighted by Gasteiger charge is -1.99. The highest BCUT2D eigenvalue weighted by molar-refractivity contribution is 7.18. The molecule has 6 heteroatoms. The molecule has 3 rings (SSSR count). The number of rotatable bonds is 2. The molecule has 0 unspecified atom stereocenters. The summed E-state index contributed by atoms with van der Waals surface area (Å²) in [6.45, 7) is 0. The van der Waals surface area contributed by atoms with E-state index >= 15 is 0 Å². The minimum Gasteiger partial charge on any atom is -0.492 e. The molecule has 0 aliphatic carbocycles. The molecule has 3 aromatic rings. The van der Waals surface area contributed by atoms with E-state index in [1.807, 2.05) is 23.6 Å². The Labute approximate surface area is 106 Å². The van der Waals surface area contributed by atoms with Crippen molar-refractivity contribution in [1.82, 2.24) is 15.0 Å². The predicted molar refractivity (Wildman–Crippen MR) is 67.7 cm³/mol. The van der Waals surface area contributed by atoms with E-state index in [1.165, 1.54) is 11.3 Å². The first-order chi connectivity index (χ1) is 8.79. The molecule has 88 valence electrons. The maximum atomic E-state index is 10.7. The lowest BCUT2D eigenvalue weighted by molar-refractivity contribution is 0.111. The van der Waals surface area contributed by atoms with Crippen LogP contribution in [0.5, 0.6) is 5.88 Å². The molecular weight excluding hydrogens is 250 g/mol. The largest absolute Gasteiger partial charge is 0.492 e. The number of carbonyl (C=O) groups is 1. The summed E-state index contributed by atoms with van der Waals surface area (Å²) in [4.78, 5) is 22.8. The van der Waals surface area contributed by atoms with Gasteiger partial charge in [-0.1, -0.05) is 6.07 Å². The number of thiophene rings is 1. The molecule has 1 N–H and O–H groups in total. The normalized spacial score (nSPS) is 10.7. The van der Waals surface area contributed by atoms with Crippen molar-refractivity contribution in [3.05, 3.63) is 35.6 Å². The molecular formula is C12H7N3O2S. The zero-order valence-electron chi connectivity index (χ0n) is 9.07. The molecule has 18 heavy (non-hydrogen) atoms. The molecule has 0 aromatic carbocycles. The van der Waals surface area contributed by atoms with Crippen LogP contribution in [-0.2, 0) is 0 Å². The van der Waals surface area contributed by atoms with E-state index in [0.29, 0.717) is 16.5 Å². The topological polar surface area (TPSA) is 76.0 Å². The number of carbonyl (C=O) groups excluding carboxylic acids is 1. The molecule has 0 saturated heterocycles. The van der Waals surface area contributed by atoms with Gasteiger partial charge in [0.05, 0.1) is 11.2 Å². The number of nitrogens with zero attached hydrogens (tertiary/aromatic N) is 3. The van der Waals surface area contributed by atoms with Gasteiger partial charge in [-0.25, -0.2) is 4.98 Å². The standard InChI is InChI=1S/C12H7N3O2S/c16-5-9-14-10-7(8-3-1-2-4-13-8)6-18-11(10)12(17)15-9/h1-6H,(H,14,15,17). The van der Waals surface area contributed by atoms with Gasteiger partial charge >= 0.3 is 0 Å². The number of aldehydes is 1. The van der Waals surface area contributed by atoms with Gasteiger partial charge in [-0.3, -0.25) is 9.78 Å². The van der Waals surface area contributed by atoms with Crippen LogP contribution in [0.3, 0.4) is 0 Å². The molecule has 0 amide bonds. The zero-order chi connectivity index (χ0) is 12.5. The van der Waals surface area contributed by atoms with Crippen LogP contribution in [-0.4, -0.2) is 26.3 Å². The van der Waals surface area contributed by atoms with Crippen LogP contribution >= 0.6 is 11.3 Å². The van der Waals surface area contributed by atoms with E-state index in [4.69, 9.17) is 0 Å². The first-order valence-corrected chi connectivity index (χ1v) is 6.02. The third kappa shape index (κ3) is 1.63. The highest BCUT2D eigenvalue weighted by Gasteiger charge is 2.14. The second-order valence-electron chi connectivity index (χ2n) is 3.57. The van der Waals surface area contributed by atoms with Crippen LogP contribution in [0.4, 0.5) is 0 Å². The van der Waals surface area contributed by atoms with Crippen LogP contribution in [0.25, 0.3) is 21.5 Å². The first kappa shape index (κ1) is 10.8. The van der Waals surface area contributed by atoms with E-state index in [2.05, 4.69) is 15.0 Å². The quantitative estimate of drug-likeness (QED) is 0.713. The third-order valence-corrected chi connectivity index (χ3v) is 3.43. The lowest BCUT2D eigenvalue weighted by atomic mass is 10.2. The molecule has 0 radical (unpaired) electrons. The number of pyridine rings is 1.